The minimum atomic E-state index is -3.61. The highest BCUT2D eigenvalue weighted by Gasteiger charge is 2.29. The van der Waals surface area contributed by atoms with Crippen LogP contribution in [0.25, 0.3) is 0 Å². The number of carbonyl (C=O) groups excluding carboxylic acids is 1. The molecule has 9 heteroatoms. The summed E-state index contributed by atoms with van der Waals surface area (Å²) in [5, 5.41) is 1.72. The molecule has 0 saturated carbocycles. The Balaban J connectivity index is 1.34. The lowest BCUT2D eigenvalue weighted by molar-refractivity contribution is -0.134. The first-order valence-electron chi connectivity index (χ1n) is 10.6. The lowest BCUT2D eigenvalue weighted by Gasteiger charge is -2.25. The fourth-order valence-electron chi connectivity index (χ4n) is 3.98. The van der Waals surface area contributed by atoms with Crippen molar-refractivity contribution < 1.29 is 22.3 Å². The standard InChI is InChI=1S/C24H25FN2O4S2/c1-26(33(29,30)24-8-4-14-32-24)20-9-11-22(12-10-20)31-17-23(28)27-13-3-7-21(27)16-18-5-2-6-19(25)15-18/h2,4-6,8-12,14-15,21H,3,7,13,16-17H2,1H3. The van der Waals surface area contributed by atoms with Gasteiger partial charge in [-0.1, -0.05) is 18.2 Å². The highest BCUT2D eigenvalue weighted by Crippen LogP contribution is 2.27. The number of halogens is 1. The van der Waals surface area contributed by atoms with Crippen molar-refractivity contribution in [3.63, 3.8) is 0 Å². The number of carbonyl (C=O) groups is 1. The molecular formula is C24H25FN2O4S2. The van der Waals surface area contributed by atoms with Crippen molar-refractivity contribution in [3.8, 4) is 5.75 Å². The molecule has 4 rings (SSSR count). The Hall–Kier alpha value is -2.91. The van der Waals surface area contributed by atoms with Crippen LogP contribution in [-0.4, -0.2) is 45.5 Å². The normalized spacial score (nSPS) is 16.1. The van der Waals surface area contributed by atoms with Crippen molar-refractivity contribution in [2.75, 3.05) is 24.5 Å². The summed E-state index contributed by atoms with van der Waals surface area (Å²) in [6, 6.07) is 16.4. The second-order valence-electron chi connectivity index (χ2n) is 7.90. The zero-order valence-electron chi connectivity index (χ0n) is 18.2. The molecule has 0 bridgehead atoms. The van der Waals surface area contributed by atoms with E-state index in [2.05, 4.69) is 0 Å². The number of rotatable bonds is 8. The molecule has 6 nitrogen and oxygen atoms in total. The molecule has 1 aliphatic rings. The molecule has 1 aliphatic heterocycles. The Morgan fingerprint density at radius 1 is 1.18 bits per heavy atom. The molecule has 1 atom stereocenters. The maximum Gasteiger partial charge on any atom is 0.273 e. The minimum absolute atomic E-state index is 0.0291. The number of thiophene rings is 1. The highest BCUT2D eigenvalue weighted by atomic mass is 32.2. The lowest BCUT2D eigenvalue weighted by Crippen LogP contribution is -2.39. The van der Waals surface area contributed by atoms with Crippen molar-refractivity contribution in [1.82, 2.24) is 4.90 Å². The number of ether oxygens (including phenoxy) is 1. The van der Waals surface area contributed by atoms with Crippen LogP contribution >= 0.6 is 11.3 Å². The smallest absolute Gasteiger partial charge is 0.273 e. The predicted molar refractivity (Wildman–Crippen MR) is 127 cm³/mol. The number of anilines is 1. The first kappa shape index (κ1) is 23.3. The van der Waals surface area contributed by atoms with Gasteiger partial charge in [-0.2, -0.15) is 0 Å². The molecule has 1 saturated heterocycles. The van der Waals surface area contributed by atoms with Crippen LogP contribution in [0.5, 0.6) is 5.75 Å². The molecule has 0 N–H and O–H groups in total. The van der Waals surface area contributed by atoms with E-state index < -0.39 is 10.0 Å². The van der Waals surface area contributed by atoms with Crippen LogP contribution in [0.15, 0.2) is 70.3 Å². The van der Waals surface area contributed by atoms with Crippen molar-refractivity contribution in [2.24, 2.45) is 0 Å². The second-order valence-corrected chi connectivity index (χ2v) is 11.0. The number of benzene rings is 2. The molecule has 1 fully saturated rings. The van der Waals surface area contributed by atoms with E-state index in [9.17, 15) is 17.6 Å². The summed E-state index contributed by atoms with van der Waals surface area (Å²) in [5.74, 6) is 0.0919. The molecule has 33 heavy (non-hydrogen) atoms. The van der Waals surface area contributed by atoms with Crippen LogP contribution in [0.1, 0.15) is 18.4 Å². The van der Waals surface area contributed by atoms with Crippen LogP contribution in [0.4, 0.5) is 10.1 Å². The van der Waals surface area contributed by atoms with E-state index in [0.29, 0.717) is 24.4 Å². The number of hydrogen-bond acceptors (Lipinski definition) is 5. The van der Waals surface area contributed by atoms with E-state index in [1.807, 2.05) is 6.07 Å². The largest absolute Gasteiger partial charge is 0.484 e. The van der Waals surface area contributed by atoms with Gasteiger partial charge in [-0.05, 0) is 72.7 Å². The Bertz CT molecular complexity index is 1200. The zero-order valence-corrected chi connectivity index (χ0v) is 19.8. The number of hydrogen-bond donors (Lipinski definition) is 0. The summed E-state index contributed by atoms with van der Waals surface area (Å²) in [6.45, 7) is 0.550. The molecule has 2 heterocycles. The van der Waals surface area contributed by atoms with Gasteiger partial charge in [0.1, 0.15) is 15.8 Å². The Labute approximate surface area is 197 Å². The van der Waals surface area contributed by atoms with E-state index in [0.717, 1.165) is 18.4 Å². The summed E-state index contributed by atoms with van der Waals surface area (Å²) in [5.41, 5.74) is 1.37. The molecule has 3 aromatic rings. The fourth-order valence-corrected chi connectivity index (χ4v) is 6.33. The number of likely N-dealkylation sites (tertiary alicyclic amines) is 1. The Morgan fingerprint density at radius 3 is 2.67 bits per heavy atom. The van der Waals surface area contributed by atoms with Gasteiger partial charge in [-0.25, -0.2) is 12.8 Å². The topological polar surface area (TPSA) is 66.9 Å². The third-order valence-corrected chi connectivity index (χ3v) is 8.89. The fraction of sp³-hybridized carbons (Fsp3) is 0.292. The van der Waals surface area contributed by atoms with Gasteiger partial charge < -0.3 is 9.64 Å². The quantitative estimate of drug-likeness (QED) is 0.474. The van der Waals surface area contributed by atoms with Crippen molar-refractivity contribution in [3.05, 3.63) is 77.4 Å². The van der Waals surface area contributed by atoms with Crippen molar-refractivity contribution in [1.29, 1.82) is 0 Å². The minimum Gasteiger partial charge on any atom is -0.484 e. The molecule has 174 valence electrons. The number of nitrogens with zero attached hydrogens (tertiary/aromatic N) is 2. The highest BCUT2D eigenvalue weighted by molar-refractivity contribution is 7.94. The summed E-state index contributed by atoms with van der Waals surface area (Å²) in [7, 11) is -2.11. The van der Waals surface area contributed by atoms with Crippen molar-refractivity contribution in [2.45, 2.75) is 29.5 Å². The summed E-state index contributed by atoms with van der Waals surface area (Å²) < 4.78 is 46.0. The van der Waals surface area contributed by atoms with E-state index in [-0.39, 0.29) is 28.6 Å². The van der Waals surface area contributed by atoms with Gasteiger partial charge in [-0.15, -0.1) is 11.3 Å². The van der Waals surface area contributed by atoms with Crippen LogP contribution in [0, 0.1) is 5.82 Å². The van der Waals surface area contributed by atoms with Gasteiger partial charge in [-0.3, -0.25) is 9.10 Å². The maximum atomic E-state index is 13.5. The molecule has 0 radical (unpaired) electrons. The van der Waals surface area contributed by atoms with E-state index in [4.69, 9.17) is 4.74 Å². The summed E-state index contributed by atoms with van der Waals surface area (Å²) in [6.07, 6.45) is 2.40. The van der Waals surface area contributed by atoms with Crippen molar-refractivity contribution >= 4 is 33.0 Å². The lowest BCUT2D eigenvalue weighted by atomic mass is 10.0. The third kappa shape index (κ3) is 5.36. The van der Waals surface area contributed by atoms with Gasteiger partial charge in [0.05, 0.1) is 5.69 Å². The average molecular weight is 489 g/mol. The predicted octanol–water partition coefficient (Wildman–Crippen LogP) is 4.32. The van der Waals surface area contributed by atoms with Gasteiger partial charge in [0.25, 0.3) is 15.9 Å². The summed E-state index contributed by atoms with van der Waals surface area (Å²) in [4.78, 5) is 14.6. The van der Waals surface area contributed by atoms with Crippen LogP contribution in [0.2, 0.25) is 0 Å². The summed E-state index contributed by atoms with van der Waals surface area (Å²) >= 11 is 1.17. The first-order chi connectivity index (χ1) is 15.8. The zero-order chi connectivity index (χ0) is 23.4. The monoisotopic (exact) mass is 488 g/mol. The molecular weight excluding hydrogens is 463 g/mol. The SMILES string of the molecule is CN(c1ccc(OCC(=O)N2CCCC2Cc2cccc(F)c2)cc1)S(=O)(=O)c1cccs1. The molecule has 1 aromatic heterocycles. The van der Waals surface area contributed by atoms with Gasteiger partial charge in [0, 0.05) is 19.6 Å². The molecule has 0 spiro atoms. The number of amides is 1. The molecule has 1 unspecified atom stereocenters. The Kier molecular flexibility index (Phi) is 6.99. The van der Waals surface area contributed by atoms with Crippen LogP contribution < -0.4 is 9.04 Å². The van der Waals surface area contributed by atoms with Gasteiger partial charge in [0.15, 0.2) is 6.61 Å². The third-order valence-electron chi connectivity index (χ3n) is 5.73. The van der Waals surface area contributed by atoms with Crippen LogP contribution in [-0.2, 0) is 21.2 Å². The molecule has 1 amide bonds. The van der Waals surface area contributed by atoms with Crippen LogP contribution in [0.3, 0.4) is 0 Å². The first-order valence-corrected chi connectivity index (χ1v) is 13.0. The Morgan fingerprint density at radius 2 is 1.97 bits per heavy atom. The van der Waals surface area contributed by atoms with Gasteiger partial charge in [0.2, 0.25) is 0 Å². The molecule has 2 aromatic carbocycles. The van der Waals surface area contributed by atoms with E-state index >= 15 is 0 Å². The number of sulfonamides is 1. The maximum absolute atomic E-state index is 13.5. The average Bonchev–Trinajstić information content (AvgIpc) is 3.50. The second kappa shape index (κ2) is 9.93. The van der Waals surface area contributed by atoms with Gasteiger partial charge >= 0.3 is 0 Å². The van der Waals surface area contributed by atoms with E-state index in [1.54, 1.807) is 52.7 Å². The molecule has 0 aliphatic carbocycles. The van der Waals surface area contributed by atoms with E-state index in [1.165, 1.54) is 34.8 Å².